The van der Waals surface area contributed by atoms with Crippen LogP contribution in [0.1, 0.15) is 46.0 Å². The summed E-state index contributed by atoms with van der Waals surface area (Å²) in [4.78, 5) is 13.2. The number of aryl methyl sites for hydroxylation is 3. The van der Waals surface area contributed by atoms with Crippen molar-refractivity contribution in [3.05, 3.63) is 94.9 Å². The third-order valence-electron chi connectivity index (χ3n) is 5.36. The summed E-state index contributed by atoms with van der Waals surface area (Å²) in [5.41, 5.74) is 3.12. The fraction of sp³-hybridized carbons (Fsp3) is 0.192. The summed E-state index contributed by atoms with van der Waals surface area (Å²) in [5.74, 6) is -0.297. The average Bonchev–Trinajstić information content (AvgIpc) is 3.29. The molecule has 180 valence electrons. The maximum absolute atomic E-state index is 13.2. The van der Waals surface area contributed by atoms with E-state index in [0.717, 1.165) is 11.1 Å². The number of para-hydroxylation sites is 1. The molecular weight excluding hydrogens is 466 g/mol. The van der Waals surface area contributed by atoms with E-state index in [-0.39, 0.29) is 22.0 Å². The van der Waals surface area contributed by atoms with E-state index in [2.05, 4.69) is 14.9 Å². The fourth-order valence-electron chi connectivity index (χ4n) is 3.91. The molecule has 1 aromatic heterocycles. The SMILES string of the molecule is Cc1cc(C)c(S(=O)(=O)Nc2ccccc2C(=O)OC(C)c2nnc(-c3ccccc3)o2)c(C)c1. The summed E-state index contributed by atoms with van der Waals surface area (Å²) in [5, 5.41) is 7.99. The lowest BCUT2D eigenvalue weighted by Crippen LogP contribution is -2.19. The van der Waals surface area contributed by atoms with Crippen molar-refractivity contribution >= 4 is 21.7 Å². The van der Waals surface area contributed by atoms with Crippen molar-refractivity contribution in [2.75, 3.05) is 4.72 Å². The molecule has 1 heterocycles. The van der Waals surface area contributed by atoms with Crippen LogP contribution in [-0.4, -0.2) is 24.6 Å². The van der Waals surface area contributed by atoms with Crippen molar-refractivity contribution in [1.29, 1.82) is 0 Å². The first-order valence-electron chi connectivity index (χ1n) is 10.9. The van der Waals surface area contributed by atoms with Crippen molar-refractivity contribution in [2.45, 2.75) is 38.7 Å². The zero-order chi connectivity index (χ0) is 25.2. The number of esters is 1. The van der Waals surface area contributed by atoms with E-state index in [1.165, 1.54) is 12.1 Å². The molecule has 8 nitrogen and oxygen atoms in total. The van der Waals surface area contributed by atoms with Crippen LogP contribution in [0.25, 0.3) is 11.5 Å². The summed E-state index contributed by atoms with van der Waals surface area (Å²) in [7, 11) is -3.95. The number of aromatic nitrogens is 2. The number of anilines is 1. The van der Waals surface area contributed by atoms with Gasteiger partial charge in [0.15, 0.2) is 6.10 Å². The van der Waals surface area contributed by atoms with Gasteiger partial charge in [0.2, 0.25) is 5.89 Å². The molecule has 4 rings (SSSR count). The summed E-state index contributed by atoms with van der Waals surface area (Å²) in [6.07, 6.45) is -0.848. The van der Waals surface area contributed by atoms with Crippen molar-refractivity contribution in [1.82, 2.24) is 10.2 Å². The number of carbonyl (C=O) groups excluding carboxylic acids is 1. The van der Waals surface area contributed by atoms with Crippen LogP contribution in [-0.2, 0) is 14.8 Å². The molecule has 0 aliphatic carbocycles. The number of sulfonamides is 1. The van der Waals surface area contributed by atoms with Crippen LogP contribution in [0, 0.1) is 20.8 Å². The Morgan fingerprint density at radius 2 is 1.57 bits per heavy atom. The second-order valence-corrected chi connectivity index (χ2v) is 9.86. The van der Waals surface area contributed by atoms with Crippen LogP contribution in [0.5, 0.6) is 0 Å². The predicted octanol–water partition coefficient (Wildman–Crippen LogP) is 5.38. The average molecular weight is 492 g/mol. The molecule has 0 aliphatic rings. The van der Waals surface area contributed by atoms with E-state index in [0.29, 0.717) is 17.0 Å². The lowest BCUT2D eigenvalue weighted by Gasteiger charge is -2.16. The molecule has 9 heteroatoms. The first-order valence-corrected chi connectivity index (χ1v) is 12.4. The monoisotopic (exact) mass is 491 g/mol. The minimum atomic E-state index is -3.95. The van der Waals surface area contributed by atoms with Crippen LogP contribution in [0.4, 0.5) is 5.69 Å². The zero-order valence-corrected chi connectivity index (χ0v) is 20.6. The second kappa shape index (κ2) is 9.71. The van der Waals surface area contributed by atoms with Gasteiger partial charge in [0.25, 0.3) is 15.9 Å². The number of hydrogen-bond acceptors (Lipinski definition) is 7. The highest BCUT2D eigenvalue weighted by atomic mass is 32.2. The highest BCUT2D eigenvalue weighted by Crippen LogP contribution is 2.28. The van der Waals surface area contributed by atoms with Gasteiger partial charge in [-0.1, -0.05) is 48.0 Å². The van der Waals surface area contributed by atoms with E-state index in [1.54, 1.807) is 45.0 Å². The Morgan fingerprint density at radius 3 is 2.26 bits per heavy atom. The van der Waals surface area contributed by atoms with Crippen LogP contribution >= 0.6 is 0 Å². The van der Waals surface area contributed by atoms with E-state index in [4.69, 9.17) is 9.15 Å². The van der Waals surface area contributed by atoms with E-state index in [9.17, 15) is 13.2 Å². The van der Waals surface area contributed by atoms with Gasteiger partial charge in [-0.25, -0.2) is 13.2 Å². The van der Waals surface area contributed by atoms with Gasteiger partial charge in [0, 0.05) is 5.56 Å². The number of carbonyl (C=O) groups is 1. The first kappa shape index (κ1) is 24.2. The molecule has 1 N–H and O–H groups in total. The number of hydrogen-bond donors (Lipinski definition) is 1. The molecule has 0 saturated carbocycles. The van der Waals surface area contributed by atoms with Crippen LogP contribution < -0.4 is 4.72 Å². The smallest absolute Gasteiger partial charge is 0.341 e. The van der Waals surface area contributed by atoms with Crippen LogP contribution in [0.2, 0.25) is 0 Å². The number of rotatable bonds is 7. The van der Waals surface area contributed by atoms with Gasteiger partial charge >= 0.3 is 5.97 Å². The topological polar surface area (TPSA) is 111 Å². The standard InChI is InChI=1S/C26H25N3O5S/c1-16-14-17(2)23(18(3)15-16)35(31,32)29-22-13-9-8-12-21(22)26(30)33-19(4)24-27-28-25(34-24)20-10-6-5-7-11-20/h5-15,19,29H,1-4H3. The van der Waals surface area contributed by atoms with Crippen molar-refractivity contribution in [3.8, 4) is 11.5 Å². The minimum absolute atomic E-state index is 0.0631. The largest absolute Gasteiger partial charge is 0.449 e. The fourth-order valence-corrected chi connectivity index (χ4v) is 5.44. The molecule has 4 aromatic rings. The van der Waals surface area contributed by atoms with Crippen LogP contribution in [0.3, 0.4) is 0 Å². The molecule has 0 amide bonds. The van der Waals surface area contributed by atoms with Crippen molar-refractivity contribution in [2.24, 2.45) is 0 Å². The van der Waals surface area contributed by atoms with Crippen molar-refractivity contribution < 1.29 is 22.4 Å². The highest BCUT2D eigenvalue weighted by molar-refractivity contribution is 7.92. The molecule has 0 spiro atoms. The normalized spacial score (nSPS) is 12.2. The van der Waals surface area contributed by atoms with Gasteiger partial charge in [-0.2, -0.15) is 0 Å². The molecule has 0 fully saturated rings. The van der Waals surface area contributed by atoms with Gasteiger partial charge in [-0.3, -0.25) is 4.72 Å². The second-order valence-electron chi connectivity index (χ2n) is 8.24. The molecule has 1 unspecified atom stereocenters. The summed E-state index contributed by atoms with van der Waals surface area (Å²) < 4.78 is 40.2. The van der Waals surface area contributed by atoms with Gasteiger partial charge in [0.1, 0.15) is 0 Å². The maximum atomic E-state index is 13.2. The Morgan fingerprint density at radius 1 is 0.943 bits per heavy atom. The van der Waals surface area contributed by atoms with Crippen molar-refractivity contribution in [3.63, 3.8) is 0 Å². The third-order valence-corrected chi connectivity index (χ3v) is 7.03. The minimum Gasteiger partial charge on any atom is -0.449 e. The summed E-state index contributed by atoms with van der Waals surface area (Å²) in [6.45, 7) is 6.99. The Kier molecular flexibility index (Phi) is 6.70. The maximum Gasteiger partial charge on any atom is 0.341 e. The van der Waals surface area contributed by atoms with Gasteiger partial charge in [-0.05, 0) is 63.1 Å². The number of ether oxygens (including phenoxy) is 1. The Hall–Kier alpha value is -3.98. The van der Waals surface area contributed by atoms with E-state index < -0.39 is 22.1 Å². The summed E-state index contributed by atoms with van der Waals surface area (Å²) >= 11 is 0. The first-order chi connectivity index (χ1) is 16.7. The van der Waals surface area contributed by atoms with Gasteiger partial charge < -0.3 is 9.15 Å². The lowest BCUT2D eigenvalue weighted by atomic mass is 10.1. The number of nitrogens with one attached hydrogen (secondary N) is 1. The molecule has 1 atom stereocenters. The third kappa shape index (κ3) is 5.25. The lowest BCUT2D eigenvalue weighted by molar-refractivity contribution is 0.0281. The molecule has 0 radical (unpaired) electrons. The quantitative estimate of drug-likeness (QED) is 0.345. The molecule has 3 aromatic carbocycles. The summed E-state index contributed by atoms with van der Waals surface area (Å²) in [6, 6.07) is 19.1. The molecule has 35 heavy (non-hydrogen) atoms. The van der Waals surface area contributed by atoms with E-state index in [1.807, 2.05) is 37.3 Å². The Bertz CT molecular complexity index is 1460. The highest BCUT2D eigenvalue weighted by Gasteiger charge is 2.25. The van der Waals surface area contributed by atoms with Gasteiger partial charge in [-0.15, -0.1) is 10.2 Å². The molecule has 0 saturated heterocycles. The number of nitrogens with zero attached hydrogens (tertiary/aromatic N) is 2. The molecular formula is C26H25N3O5S. The Labute approximate surface area is 204 Å². The predicted molar refractivity (Wildman–Crippen MR) is 131 cm³/mol. The zero-order valence-electron chi connectivity index (χ0n) is 19.8. The molecule has 0 bridgehead atoms. The Balaban J connectivity index is 1.55. The number of benzene rings is 3. The van der Waals surface area contributed by atoms with Gasteiger partial charge in [0.05, 0.1) is 16.1 Å². The van der Waals surface area contributed by atoms with Crippen LogP contribution in [0.15, 0.2) is 76.0 Å². The van der Waals surface area contributed by atoms with E-state index >= 15 is 0 Å². The molecule has 0 aliphatic heterocycles.